The molecule has 1 N–H and O–H groups in total. The van der Waals surface area contributed by atoms with E-state index in [1.54, 1.807) is 23.1 Å². The van der Waals surface area contributed by atoms with Gasteiger partial charge in [0.1, 0.15) is 15.9 Å². The fourth-order valence-corrected chi connectivity index (χ4v) is 5.39. The Balaban J connectivity index is 1.47. The Hall–Kier alpha value is -2.97. The molecule has 1 spiro atoms. The lowest BCUT2D eigenvalue weighted by atomic mass is 9.80. The number of fused-ring (bicyclic) bond motifs is 2. The van der Waals surface area contributed by atoms with E-state index in [4.69, 9.17) is 9.26 Å². The molecule has 174 valence electrons. The third-order valence-electron chi connectivity index (χ3n) is 6.67. The SMILES string of the molecule is CC(I)Oc1ccc(-c2nc(-c3cccc4c3CCC43CCN(CCO)C3=O)no2)cc1C#N. The van der Waals surface area contributed by atoms with Crippen LogP contribution in [-0.4, -0.2) is 49.9 Å². The van der Waals surface area contributed by atoms with E-state index in [0.29, 0.717) is 41.7 Å². The predicted octanol–water partition coefficient (Wildman–Crippen LogP) is 3.84. The number of benzene rings is 2. The summed E-state index contributed by atoms with van der Waals surface area (Å²) in [5.41, 5.74) is 3.47. The van der Waals surface area contributed by atoms with Gasteiger partial charge in [0.15, 0.2) is 0 Å². The lowest BCUT2D eigenvalue weighted by Crippen LogP contribution is -2.37. The second-order valence-corrected chi connectivity index (χ2v) is 10.3. The number of rotatable bonds is 6. The van der Waals surface area contributed by atoms with Crippen LogP contribution in [0.2, 0.25) is 0 Å². The van der Waals surface area contributed by atoms with Crippen LogP contribution in [0, 0.1) is 11.3 Å². The first-order valence-corrected chi connectivity index (χ1v) is 12.4. The molecule has 0 bridgehead atoms. The molecule has 3 aromatic rings. The van der Waals surface area contributed by atoms with Gasteiger partial charge in [-0.15, -0.1) is 0 Å². The Labute approximate surface area is 210 Å². The van der Waals surface area contributed by atoms with Crippen LogP contribution in [0.1, 0.15) is 36.5 Å². The molecule has 1 aromatic heterocycles. The second kappa shape index (κ2) is 9.00. The molecule has 5 rings (SSSR count). The molecular weight excluding hydrogens is 547 g/mol. The van der Waals surface area contributed by atoms with E-state index in [1.165, 1.54) is 0 Å². The van der Waals surface area contributed by atoms with Crippen LogP contribution in [-0.2, 0) is 16.6 Å². The molecule has 2 aromatic carbocycles. The average Bonchev–Trinajstić information content (AvgIpc) is 3.54. The average molecular weight is 570 g/mol. The van der Waals surface area contributed by atoms with Crippen LogP contribution in [0.15, 0.2) is 40.9 Å². The standard InChI is InChI=1S/C25H23IN4O4/c1-15(26)33-21-6-5-16(13-17(21)14-27)23-28-22(29-34-23)19-3-2-4-20-18(19)7-8-25(20)9-10-30(11-12-31)24(25)32/h2-6,13,15,31H,7-12H2,1H3. The number of aromatic nitrogens is 2. The number of nitriles is 1. The molecule has 2 unspecified atom stereocenters. The molecule has 9 heteroatoms. The second-order valence-electron chi connectivity index (χ2n) is 8.59. The molecule has 1 aliphatic heterocycles. The fraction of sp³-hybridized carbons (Fsp3) is 0.360. The topological polar surface area (TPSA) is 112 Å². The van der Waals surface area contributed by atoms with Gasteiger partial charge in [0.2, 0.25) is 11.7 Å². The molecule has 2 atom stereocenters. The Morgan fingerprint density at radius 3 is 2.97 bits per heavy atom. The van der Waals surface area contributed by atoms with Crippen molar-refractivity contribution in [3.05, 3.63) is 53.1 Å². The number of likely N-dealkylation sites (tertiary alicyclic amines) is 1. The summed E-state index contributed by atoms with van der Waals surface area (Å²) in [6.45, 7) is 2.89. The molecule has 1 aliphatic carbocycles. The van der Waals surface area contributed by atoms with E-state index in [9.17, 15) is 15.2 Å². The smallest absolute Gasteiger partial charge is 0.258 e. The number of β-amino-alcohol motifs (C(OH)–C–C–N with tert-alkyl or cyclic N) is 1. The van der Waals surface area contributed by atoms with E-state index in [1.807, 2.05) is 25.1 Å². The molecular formula is C25H23IN4O4. The zero-order valence-corrected chi connectivity index (χ0v) is 20.8. The zero-order valence-electron chi connectivity index (χ0n) is 18.6. The van der Waals surface area contributed by atoms with Gasteiger partial charge in [-0.3, -0.25) is 4.79 Å². The van der Waals surface area contributed by atoms with Crippen LogP contribution >= 0.6 is 22.6 Å². The molecule has 1 amide bonds. The highest BCUT2D eigenvalue weighted by molar-refractivity contribution is 14.1. The first kappa shape index (κ1) is 22.8. The third-order valence-corrected chi connectivity index (χ3v) is 6.93. The number of nitrogens with zero attached hydrogens (tertiary/aromatic N) is 4. The molecule has 1 fully saturated rings. The van der Waals surface area contributed by atoms with Crippen LogP contribution in [0.5, 0.6) is 5.75 Å². The number of carbonyl (C=O) groups is 1. The summed E-state index contributed by atoms with van der Waals surface area (Å²) in [6.07, 6.45) is 2.25. The molecule has 0 saturated carbocycles. The number of amides is 1. The van der Waals surface area contributed by atoms with E-state index >= 15 is 0 Å². The van der Waals surface area contributed by atoms with Gasteiger partial charge in [-0.05, 0) is 78.1 Å². The van der Waals surface area contributed by atoms with Crippen LogP contribution in [0.3, 0.4) is 0 Å². The highest BCUT2D eigenvalue weighted by Gasteiger charge is 2.51. The number of aliphatic hydroxyl groups excluding tert-OH is 1. The molecule has 34 heavy (non-hydrogen) atoms. The minimum absolute atomic E-state index is 0.0297. The van der Waals surface area contributed by atoms with Crippen LogP contribution in [0.25, 0.3) is 22.8 Å². The maximum Gasteiger partial charge on any atom is 0.258 e. The van der Waals surface area contributed by atoms with Gasteiger partial charge in [0, 0.05) is 24.2 Å². The zero-order chi connectivity index (χ0) is 23.9. The fourth-order valence-electron chi connectivity index (χ4n) is 5.12. The van der Waals surface area contributed by atoms with Gasteiger partial charge in [-0.2, -0.15) is 10.2 Å². The van der Waals surface area contributed by atoms with Crippen LogP contribution < -0.4 is 4.74 Å². The Morgan fingerprint density at radius 2 is 2.21 bits per heavy atom. The van der Waals surface area contributed by atoms with Gasteiger partial charge in [0.25, 0.3) is 5.89 Å². The van der Waals surface area contributed by atoms with Crippen molar-refractivity contribution in [3.8, 4) is 34.7 Å². The van der Waals surface area contributed by atoms with Crippen molar-refractivity contribution >= 4 is 28.5 Å². The van der Waals surface area contributed by atoms with E-state index in [0.717, 1.165) is 36.0 Å². The van der Waals surface area contributed by atoms with Gasteiger partial charge < -0.3 is 19.3 Å². The molecule has 1 saturated heterocycles. The number of hydrogen-bond acceptors (Lipinski definition) is 7. The van der Waals surface area contributed by atoms with Crippen LogP contribution in [0.4, 0.5) is 0 Å². The summed E-state index contributed by atoms with van der Waals surface area (Å²) in [5, 5.41) is 23.0. The number of halogens is 1. The number of hydrogen-bond donors (Lipinski definition) is 1. The lowest BCUT2D eigenvalue weighted by Gasteiger charge is -2.24. The quantitative estimate of drug-likeness (QED) is 0.354. The maximum absolute atomic E-state index is 13.2. The van der Waals surface area contributed by atoms with Crippen molar-refractivity contribution in [2.75, 3.05) is 19.7 Å². The highest BCUT2D eigenvalue weighted by Crippen LogP contribution is 2.48. The van der Waals surface area contributed by atoms with Gasteiger partial charge in [-0.1, -0.05) is 23.4 Å². The van der Waals surface area contributed by atoms with Gasteiger partial charge in [-0.25, -0.2) is 0 Å². The highest BCUT2D eigenvalue weighted by atomic mass is 127. The summed E-state index contributed by atoms with van der Waals surface area (Å²) >= 11 is 2.13. The lowest BCUT2D eigenvalue weighted by molar-refractivity contribution is -0.132. The summed E-state index contributed by atoms with van der Waals surface area (Å²) < 4.78 is 11.2. The van der Waals surface area contributed by atoms with Crippen molar-refractivity contribution in [2.24, 2.45) is 0 Å². The summed E-state index contributed by atoms with van der Waals surface area (Å²) in [5.74, 6) is 1.38. The van der Waals surface area contributed by atoms with Crippen molar-refractivity contribution in [2.45, 2.75) is 35.7 Å². The van der Waals surface area contributed by atoms with Crippen molar-refractivity contribution in [1.82, 2.24) is 15.0 Å². The first-order valence-electron chi connectivity index (χ1n) is 11.2. The van der Waals surface area contributed by atoms with Gasteiger partial charge >= 0.3 is 0 Å². The summed E-state index contributed by atoms with van der Waals surface area (Å²) in [6, 6.07) is 13.3. The summed E-state index contributed by atoms with van der Waals surface area (Å²) in [4.78, 5) is 19.6. The Kier molecular flexibility index (Phi) is 6.04. The monoisotopic (exact) mass is 570 g/mol. The van der Waals surface area contributed by atoms with Crippen molar-refractivity contribution in [1.29, 1.82) is 5.26 Å². The minimum Gasteiger partial charge on any atom is -0.479 e. The number of ether oxygens (including phenoxy) is 1. The molecule has 2 aliphatic rings. The number of carbonyl (C=O) groups excluding carboxylic acids is 1. The Morgan fingerprint density at radius 1 is 1.35 bits per heavy atom. The van der Waals surface area contributed by atoms with Gasteiger partial charge in [0.05, 0.1) is 17.6 Å². The maximum atomic E-state index is 13.2. The van der Waals surface area contributed by atoms with E-state index in [2.05, 4.69) is 38.8 Å². The largest absolute Gasteiger partial charge is 0.479 e. The first-order chi connectivity index (χ1) is 16.5. The van der Waals surface area contributed by atoms with E-state index < -0.39 is 5.41 Å². The van der Waals surface area contributed by atoms with E-state index in [-0.39, 0.29) is 16.6 Å². The Bertz CT molecular complexity index is 1300. The summed E-state index contributed by atoms with van der Waals surface area (Å²) in [7, 11) is 0. The molecule has 8 nitrogen and oxygen atoms in total. The number of aliphatic hydroxyl groups is 1. The molecule has 0 radical (unpaired) electrons. The minimum atomic E-state index is -0.527. The normalized spacial score (nSPS) is 19.9. The van der Waals surface area contributed by atoms with Crippen molar-refractivity contribution in [3.63, 3.8) is 0 Å². The predicted molar refractivity (Wildman–Crippen MR) is 132 cm³/mol. The third kappa shape index (κ3) is 3.75. The van der Waals surface area contributed by atoms with Crippen molar-refractivity contribution < 1.29 is 19.2 Å². The molecule has 2 heterocycles. The number of alkyl halides is 1.